The summed E-state index contributed by atoms with van der Waals surface area (Å²) in [6, 6.07) is 6.90. The van der Waals surface area contributed by atoms with E-state index in [1.807, 2.05) is 24.3 Å². The number of carbonyl (C=O) groups excluding carboxylic acids is 2. The number of amides is 2. The van der Waals surface area contributed by atoms with E-state index in [1.165, 1.54) is 16.2 Å². The fourth-order valence-corrected chi connectivity index (χ4v) is 3.96. The molecule has 0 saturated heterocycles. The number of thiazole rings is 1. The number of hydrogen-bond donors (Lipinski definition) is 4. The van der Waals surface area contributed by atoms with Crippen LogP contribution in [-0.4, -0.2) is 59.9 Å². The number of nitrogens with zero attached hydrogens (tertiary/aromatic N) is 3. The Labute approximate surface area is 190 Å². The number of fused-ring (bicyclic) bond motifs is 1. The first-order chi connectivity index (χ1) is 14.0. The molecule has 11 heteroatoms. The summed E-state index contributed by atoms with van der Waals surface area (Å²) >= 11 is 1.48. The van der Waals surface area contributed by atoms with Crippen molar-refractivity contribution in [3.05, 3.63) is 24.3 Å². The Hall–Kier alpha value is -2.08. The number of halogens is 1. The Balaban J connectivity index is 0.00000320. The van der Waals surface area contributed by atoms with E-state index >= 15 is 0 Å². The molecule has 3 rings (SSSR count). The summed E-state index contributed by atoms with van der Waals surface area (Å²) < 4.78 is 1.05. The van der Waals surface area contributed by atoms with Crippen LogP contribution in [0.4, 0.5) is 5.13 Å². The number of carbonyl (C=O) groups is 2. The molecule has 0 spiro atoms. The van der Waals surface area contributed by atoms with Crippen LogP contribution in [0, 0.1) is 0 Å². The van der Waals surface area contributed by atoms with E-state index in [4.69, 9.17) is 11.5 Å². The Morgan fingerprint density at radius 2 is 2.17 bits per heavy atom. The van der Waals surface area contributed by atoms with Crippen molar-refractivity contribution in [2.45, 2.75) is 37.8 Å². The van der Waals surface area contributed by atoms with E-state index in [0.29, 0.717) is 17.6 Å². The molecule has 2 amide bonds. The van der Waals surface area contributed by atoms with Gasteiger partial charge >= 0.3 is 0 Å². The van der Waals surface area contributed by atoms with Gasteiger partial charge in [-0.3, -0.25) is 14.9 Å². The van der Waals surface area contributed by atoms with Crippen molar-refractivity contribution in [3.63, 3.8) is 0 Å². The molecule has 2 aromatic rings. The van der Waals surface area contributed by atoms with Crippen LogP contribution in [0.3, 0.4) is 0 Å². The highest BCUT2D eigenvalue weighted by molar-refractivity contribution is 8.93. The number of nitrogens with two attached hydrogens (primary N) is 2. The topological polar surface area (TPSA) is 139 Å². The highest BCUT2D eigenvalue weighted by atomic mass is 79.9. The first-order valence-corrected chi connectivity index (χ1v) is 10.5. The SMILES string of the molecule is Br.CN(C(=O)C[C@@H](N)CCCCN)C1CN=C(Nc2nc3ccccc3s2)NC1=O. The molecule has 1 aromatic heterocycles. The predicted octanol–water partition coefficient (Wildman–Crippen LogP) is 1.45. The standard InChI is InChI=1S/C19H27N7O2S.BrH/c1-26(16(27)10-12(21)6-4-5-9-20)14-11-22-18(24-17(14)28)25-19-23-13-7-2-3-8-15(13)29-19;/h2-3,7-8,12,14H,4-6,9-11,20-21H2,1H3,(H2,22,23,24,25,28);1H/t12-,14?;/m0./s1. The molecular formula is C19H28BrN7O2S. The molecule has 0 aliphatic carbocycles. The third-order valence-electron chi connectivity index (χ3n) is 4.81. The minimum Gasteiger partial charge on any atom is -0.332 e. The summed E-state index contributed by atoms with van der Waals surface area (Å²) in [5.41, 5.74) is 12.4. The maximum Gasteiger partial charge on any atom is 0.251 e. The first kappa shape index (κ1) is 24.2. The van der Waals surface area contributed by atoms with Gasteiger partial charge in [-0.15, -0.1) is 17.0 Å². The minimum absolute atomic E-state index is 0. The monoisotopic (exact) mass is 497 g/mol. The number of unbranched alkanes of at least 4 members (excludes halogenated alkanes) is 1. The quantitative estimate of drug-likeness (QED) is 0.407. The van der Waals surface area contributed by atoms with Gasteiger partial charge in [-0.05, 0) is 31.5 Å². The van der Waals surface area contributed by atoms with Gasteiger partial charge in [0.2, 0.25) is 11.9 Å². The van der Waals surface area contributed by atoms with Crippen molar-refractivity contribution in [1.82, 2.24) is 15.2 Å². The smallest absolute Gasteiger partial charge is 0.251 e. The lowest BCUT2D eigenvalue weighted by molar-refractivity contribution is -0.138. The van der Waals surface area contributed by atoms with E-state index in [2.05, 4.69) is 20.6 Å². The number of anilines is 1. The van der Waals surface area contributed by atoms with Crippen molar-refractivity contribution in [1.29, 1.82) is 0 Å². The number of guanidine groups is 1. The number of aliphatic imine (C=N–C) groups is 1. The highest BCUT2D eigenvalue weighted by Gasteiger charge is 2.31. The van der Waals surface area contributed by atoms with Crippen LogP contribution in [-0.2, 0) is 9.59 Å². The summed E-state index contributed by atoms with van der Waals surface area (Å²) in [6.07, 6.45) is 2.72. The van der Waals surface area contributed by atoms with Crippen LogP contribution in [0.2, 0.25) is 0 Å². The molecule has 1 aliphatic heterocycles. The molecular weight excluding hydrogens is 470 g/mol. The average Bonchev–Trinajstić information content (AvgIpc) is 3.10. The number of hydrogen-bond acceptors (Lipinski definition) is 8. The van der Waals surface area contributed by atoms with Gasteiger partial charge in [0.1, 0.15) is 6.04 Å². The second kappa shape index (κ2) is 11.3. The Morgan fingerprint density at radius 3 is 2.87 bits per heavy atom. The van der Waals surface area contributed by atoms with Gasteiger partial charge in [0.25, 0.3) is 5.91 Å². The molecule has 164 valence electrons. The zero-order chi connectivity index (χ0) is 20.8. The number of likely N-dealkylation sites (N-methyl/N-ethyl adjacent to an activating group) is 1. The molecule has 6 N–H and O–H groups in total. The van der Waals surface area contributed by atoms with Gasteiger partial charge < -0.3 is 21.7 Å². The number of aromatic nitrogens is 1. The predicted molar refractivity (Wildman–Crippen MR) is 126 cm³/mol. The molecule has 2 heterocycles. The molecule has 9 nitrogen and oxygen atoms in total. The zero-order valence-electron chi connectivity index (χ0n) is 16.8. The maximum atomic E-state index is 12.5. The summed E-state index contributed by atoms with van der Waals surface area (Å²) in [6.45, 7) is 0.803. The van der Waals surface area contributed by atoms with Crippen molar-refractivity contribution < 1.29 is 9.59 Å². The lowest BCUT2D eigenvalue weighted by Crippen LogP contribution is -2.55. The van der Waals surface area contributed by atoms with Gasteiger partial charge in [-0.2, -0.15) is 0 Å². The average molecular weight is 498 g/mol. The lowest BCUT2D eigenvalue weighted by Gasteiger charge is -2.30. The van der Waals surface area contributed by atoms with E-state index in [9.17, 15) is 9.59 Å². The molecule has 0 bridgehead atoms. The van der Waals surface area contributed by atoms with Crippen LogP contribution in [0.15, 0.2) is 29.3 Å². The molecule has 0 fully saturated rings. The maximum absolute atomic E-state index is 12.5. The molecule has 0 radical (unpaired) electrons. The largest absolute Gasteiger partial charge is 0.332 e. The van der Waals surface area contributed by atoms with Crippen molar-refractivity contribution in [2.75, 3.05) is 25.5 Å². The number of para-hydroxylation sites is 1. The fourth-order valence-electron chi connectivity index (χ4n) is 3.09. The lowest BCUT2D eigenvalue weighted by atomic mass is 10.1. The summed E-state index contributed by atoms with van der Waals surface area (Å²) in [5, 5.41) is 6.41. The molecule has 30 heavy (non-hydrogen) atoms. The van der Waals surface area contributed by atoms with Crippen LogP contribution in [0.25, 0.3) is 10.2 Å². The second-order valence-electron chi connectivity index (χ2n) is 7.06. The Kier molecular flexibility index (Phi) is 9.15. The zero-order valence-corrected chi connectivity index (χ0v) is 19.4. The normalized spacial score (nSPS) is 17.0. The van der Waals surface area contributed by atoms with Gasteiger partial charge in [0.05, 0.1) is 16.8 Å². The molecule has 2 atom stereocenters. The van der Waals surface area contributed by atoms with Gasteiger partial charge in [-0.25, -0.2) is 9.98 Å². The third-order valence-corrected chi connectivity index (χ3v) is 5.76. The number of nitrogens with one attached hydrogen (secondary N) is 2. The summed E-state index contributed by atoms with van der Waals surface area (Å²) in [7, 11) is 1.61. The highest BCUT2D eigenvalue weighted by Crippen LogP contribution is 2.25. The van der Waals surface area contributed by atoms with Crippen LogP contribution < -0.4 is 22.1 Å². The Bertz CT molecular complexity index is 871. The van der Waals surface area contributed by atoms with Crippen molar-refractivity contribution in [3.8, 4) is 0 Å². The van der Waals surface area contributed by atoms with Gasteiger partial charge in [0.15, 0.2) is 5.13 Å². The van der Waals surface area contributed by atoms with Gasteiger partial charge in [-0.1, -0.05) is 29.9 Å². The summed E-state index contributed by atoms with van der Waals surface area (Å²) in [5.74, 6) is -0.107. The second-order valence-corrected chi connectivity index (χ2v) is 8.09. The number of rotatable bonds is 8. The van der Waals surface area contributed by atoms with E-state index in [1.54, 1.807) is 7.05 Å². The van der Waals surface area contributed by atoms with Gasteiger partial charge in [0, 0.05) is 19.5 Å². The molecule has 1 aliphatic rings. The molecule has 1 unspecified atom stereocenters. The van der Waals surface area contributed by atoms with E-state index in [-0.39, 0.29) is 47.8 Å². The van der Waals surface area contributed by atoms with Crippen molar-refractivity contribution >= 4 is 61.4 Å². The molecule has 1 aromatic carbocycles. The van der Waals surface area contributed by atoms with E-state index < -0.39 is 6.04 Å². The van der Waals surface area contributed by atoms with E-state index in [0.717, 1.165) is 29.5 Å². The molecule has 0 saturated carbocycles. The Morgan fingerprint density at radius 1 is 1.40 bits per heavy atom. The number of benzene rings is 1. The van der Waals surface area contributed by atoms with Crippen LogP contribution >= 0.6 is 28.3 Å². The van der Waals surface area contributed by atoms with Crippen LogP contribution in [0.5, 0.6) is 0 Å². The first-order valence-electron chi connectivity index (χ1n) is 9.67. The third kappa shape index (κ3) is 6.21. The van der Waals surface area contributed by atoms with Crippen molar-refractivity contribution in [2.24, 2.45) is 16.5 Å². The minimum atomic E-state index is -0.653. The summed E-state index contributed by atoms with van der Waals surface area (Å²) in [4.78, 5) is 35.3. The fraction of sp³-hybridized carbons (Fsp3) is 0.474. The van der Waals surface area contributed by atoms with Crippen LogP contribution in [0.1, 0.15) is 25.7 Å².